The molecule has 0 radical (unpaired) electrons. The quantitative estimate of drug-likeness (QED) is 0.898. The molecule has 2 aromatic heterocycles. The van der Waals surface area contributed by atoms with Gasteiger partial charge < -0.3 is 10.2 Å². The van der Waals surface area contributed by atoms with Gasteiger partial charge in [-0.25, -0.2) is 9.67 Å². The first-order valence-electron chi connectivity index (χ1n) is 9.88. The van der Waals surface area contributed by atoms with E-state index >= 15 is 0 Å². The predicted molar refractivity (Wildman–Crippen MR) is 103 cm³/mol. The van der Waals surface area contributed by atoms with Gasteiger partial charge in [0.25, 0.3) is 5.91 Å². The summed E-state index contributed by atoms with van der Waals surface area (Å²) in [7, 11) is 0. The summed E-state index contributed by atoms with van der Waals surface area (Å²) in [5.74, 6) is 0.433. The van der Waals surface area contributed by atoms with Crippen molar-refractivity contribution in [1.82, 2.24) is 25.0 Å². The predicted octanol–water partition coefficient (Wildman–Crippen LogP) is 2.63. The molecule has 3 heterocycles. The summed E-state index contributed by atoms with van der Waals surface area (Å²) in [4.78, 5) is 31.5. The van der Waals surface area contributed by atoms with Crippen LogP contribution in [0, 0.1) is 0 Å². The second-order valence-corrected chi connectivity index (χ2v) is 8.08. The van der Waals surface area contributed by atoms with E-state index in [0.717, 1.165) is 49.0 Å². The molecule has 1 N–H and O–H groups in total. The standard InChI is InChI=1S/C20H27N5O2/c1-12(2)25-19-17(10-21-25)16(9-18(23-19)14-6-7-14)20(27)24-8-4-5-15(11-24)22-13(3)26/h9-10,12,14-15H,4-8,11H2,1-3H3,(H,22,26). The van der Waals surface area contributed by atoms with Gasteiger partial charge in [0.2, 0.25) is 5.91 Å². The van der Waals surface area contributed by atoms with Gasteiger partial charge in [-0.1, -0.05) is 0 Å². The Bertz CT molecular complexity index is 884. The smallest absolute Gasteiger partial charge is 0.254 e. The minimum Gasteiger partial charge on any atom is -0.352 e. The first-order chi connectivity index (χ1) is 12.9. The molecule has 1 saturated heterocycles. The zero-order valence-corrected chi connectivity index (χ0v) is 16.2. The highest BCUT2D eigenvalue weighted by Crippen LogP contribution is 2.40. The third-order valence-electron chi connectivity index (χ3n) is 5.42. The normalized spacial score (nSPS) is 20.3. The third kappa shape index (κ3) is 3.55. The Morgan fingerprint density at radius 2 is 2.04 bits per heavy atom. The molecule has 7 heteroatoms. The van der Waals surface area contributed by atoms with Crippen molar-refractivity contribution in [1.29, 1.82) is 0 Å². The molecule has 0 spiro atoms. The minimum atomic E-state index is -0.0465. The van der Waals surface area contributed by atoms with Crippen molar-refractivity contribution >= 4 is 22.8 Å². The Balaban J connectivity index is 1.69. The molecular formula is C20H27N5O2. The maximum atomic E-state index is 13.4. The van der Waals surface area contributed by atoms with Crippen LogP contribution < -0.4 is 5.32 Å². The van der Waals surface area contributed by atoms with Crippen LogP contribution in [0.25, 0.3) is 11.0 Å². The Labute approximate surface area is 159 Å². The van der Waals surface area contributed by atoms with E-state index in [0.29, 0.717) is 18.0 Å². The van der Waals surface area contributed by atoms with Crippen LogP contribution in [-0.4, -0.2) is 50.6 Å². The lowest BCUT2D eigenvalue weighted by atomic mass is 10.0. The number of hydrogen-bond donors (Lipinski definition) is 1. The zero-order valence-electron chi connectivity index (χ0n) is 16.2. The van der Waals surface area contributed by atoms with Gasteiger partial charge in [0.1, 0.15) is 0 Å². The molecular weight excluding hydrogens is 342 g/mol. The van der Waals surface area contributed by atoms with Crippen molar-refractivity contribution < 1.29 is 9.59 Å². The highest BCUT2D eigenvalue weighted by Gasteiger charge is 2.31. The maximum absolute atomic E-state index is 13.4. The number of carbonyl (C=O) groups is 2. The van der Waals surface area contributed by atoms with Crippen LogP contribution in [0.4, 0.5) is 0 Å². The SMILES string of the molecule is CC(=O)NC1CCCN(C(=O)c2cc(C3CC3)nc3c2cnn3C(C)C)C1. The van der Waals surface area contributed by atoms with Crippen LogP contribution in [0.2, 0.25) is 0 Å². The lowest BCUT2D eigenvalue weighted by molar-refractivity contribution is -0.120. The fourth-order valence-corrected chi connectivity index (χ4v) is 3.92. The van der Waals surface area contributed by atoms with Crippen LogP contribution >= 0.6 is 0 Å². The number of fused-ring (bicyclic) bond motifs is 1. The number of carbonyl (C=O) groups excluding carboxylic acids is 2. The van der Waals surface area contributed by atoms with Gasteiger partial charge >= 0.3 is 0 Å². The van der Waals surface area contributed by atoms with Crippen LogP contribution in [0.5, 0.6) is 0 Å². The van der Waals surface area contributed by atoms with E-state index in [1.54, 1.807) is 6.20 Å². The monoisotopic (exact) mass is 369 g/mol. The third-order valence-corrected chi connectivity index (χ3v) is 5.42. The molecule has 7 nitrogen and oxygen atoms in total. The number of nitrogens with one attached hydrogen (secondary N) is 1. The first kappa shape index (κ1) is 17.9. The number of likely N-dealkylation sites (tertiary alicyclic amines) is 1. The average Bonchev–Trinajstić information content (AvgIpc) is 3.38. The van der Waals surface area contributed by atoms with Gasteiger partial charge in [-0.15, -0.1) is 0 Å². The van der Waals surface area contributed by atoms with E-state index in [1.807, 2.05) is 15.6 Å². The first-order valence-corrected chi connectivity index (χ1v) is 9.88. The summed E-state index contributed by atoms with van der Waals surface area (Å²) in [6.45, 7) is 6.94. The van der Waals surface area contributed by atoms with Crippen molar-refractivity contribution in [3.05, 3.63) is 23.5 Å². The summed E-state index contributed by atoms with van der Waals surface area (Å²) in [6.07, 6.45) is 5.84. The van der Waals surface area contributed by atoms with E-state index in [4.69, 9.17) is 4.98 Å². The van der Waals surface area contributed by atoms with Gasteiger partial charge in [0, 0.05) is 43.7 Å². The largest absolute Gasteiger partial charge is 0.352 e. The fourth-order valence-electron chi connectivity index (χ4n) is 3.92. The number of aromatic nitrogens is 3. The van der Waals surface area contributed by atoms with Gasteiger partial charge in [-0.3, -0.25) is 9.59 Å². The number of pyridine rings is 1. The Kier molecular flexibility index (Phi) is 4.61. The summed E-state index contributed by atoms with van der Waals surface area (Å²) in [5.41, 5.74) is 2.49. The second kappa shape index (κ2) is 6.94. The van der Waals surface area contributed by atoms with Crippen molar-refractivity contribution in [2.45, 2.75) is 64.5 Å². The zero-order chi connectivity index (χ0) is 19.1. The van der Waals surface area contributed by atoms with Gasteiger partial charge in [-0.2, -0.15) is 5.10 Å². The van der Waals surface area contributed by atoms with Crippen molar-refractivity contribution in [3.8, 4) is 0 Å². The highest BCUT2D eigenvalue weighted by molar-refractivity contribution is 6.05. The van der Waals surface area contributed by atoms with E-state index in [2.05, 4.69) is 24.3 Å². The van der Waals surface area contributed by atoms with E-state index in [9.17, 15) is 9.59 Å². The number of nitrogens with zero attached hydrogens (tertiary/aromatic N) is 4. The highest BCUT2D eigenvalue weighted by atomic mass is 16.2. The second-order valence-electron chi connectivity index (χ2n) is 8.08. The Morgan fingerprint density at radius 3 is 2.70 bits per heavy atom. The molecule has 27 heavy (non-hydrogen) atoms. The maximum Gasteiger partial charge on any atom is 0.254 e. The Hall–Kier alpha value is -2.44. The lowest BCUT2D eigenvalue weighted by Crippen LogP contribution is -2.49. The number of piperidine rings is 1. The molecule has 1 aliphatic carbocycles. The summed E-state index contributed by atoms with van der Waals surface area (Å²) in [5, 5.41) is 8.26. The van der Waals surface area contributed by atoms with Crippen molar-refractivity contribution in [2.75, 3.05) is 13.1 Å². The van der Waals surface area contributed by atoms with Crippen molar-refractivity contribution in [3.63, 3.8) is 0 Å². The number of hydrogen-bond acceptors (Lipinski definition) is 4. The summed E-state index contributed by atoms with van der Waals surface area (Å²) >= 11 is 0. The summed E-state index contributed by atoms with van der Waals surface area (Å²) in [6, 6.07) is 2.18. The molecule has 1 saturated carbocycles. The van der Waals surface area contributed by atoms with Gasteiger partial charge in [0.15, 0.2) is 5.65 Å². The Morgan fingerprint density at radius 1 is 1.26 bits per heavy atom. The minimum absolute atomic E-state index is 0.0164. The van der Waals surface area contributed by atoms with Gasteiger partial charge in [0.05, 0.1) is 17.1 Å². The topological polar surface area (TPSA) is 80.1 Å². The molecule has 0 aromatic carbocycles. The van der Waals surface area contributed by atoms with E-state index in [1.165, 1.54) is 6.92 Å². The molecule has 2 aliphatic rings. The van der Waals surface area contributed by atoms with Crippen LogP contribution in [0.1, 0.15) is 74.5 Å². The van der Waals surface area contributed by atoms with Crippen LogP contribution in [-0.2, 0) is 4.79 Å². The van der Waals surface area contributed by atoms with E-state index in [-0.39, 0.29) is 23.9 Å². The van der Waals surface area contributed by atoms with Crippen LogP contribution in [0.15, 0.2) is 12.3 Å². The summed E-state index contributed by atoms with van der Waals surface area (Å²) < 4.78 is 1.90. The molecule has 2 aromatic rings. The molecule has 1 aliphatic heterocycles. The number of rotatable bonds is 4. The van der Waals surface area contributed by atoms with Gasteiger partial charge in [-0.05, 0) is 45.6 Å². The fraction of sp³-hybridized carbons (Fsp3) is 0.600. The molecule has 144 valence electrons. The molecule has 4 rings (SSSR count). The molecule has 2 fully saturated rings. The number of amides is 2. The molecule has 1 unspecified atom stereocenters. The molecule has 2 amide bonds. The van der Waals surface area contributed by atoms with E-state index < -0.39 is 0 Å². The molecule has 1 atom stereocenters. The molecule has 0 bridgehead atoms. The lowest BCUT2D eigenvalue weighted by Gasteiger charge is -2.33. The van der Waals surface area contributed by atoms with Crippen LogP contribution in [0.3, 0.4) is 0 Å². The van der Waals surface area contributed by atoms with Crippen molar-refractivity contribution in [2.24, 2.45) is 0 Å². The average molecular weight is 369 g/mol.